The third-order valence-corrected chi connectivity index (χ3v) is 18.5. The van der Waals surface area contributed by atoms with Crippen molar-refractivity contribution in [1.29, 1.82) is 0 Å². The zero-order chi connectivity index (χ0) is 76.3. The van der Waals surface area contributed by atoms with E-state index in [2.05, 4.69) is 16.0 Å². The Morgan fingerprint density at radius 3 is 1.54 bits per heavy atom. The van der Waals surface area contributed by atoms with Crippen molar-refractivity contribution in [2.75, 3.05) is 158 Å². The van der Waals surface area contributed by atoms with Gasteiger partial charge in [-0.25, -0.2) is 0 Å². The number of aliphatic imine (C=N–C) groups is 2. The number of benzene rings is 4. The van der Waals surface area contributed by atoms with Crippen LogP contribution in [-0.2, 0) is 66.7 Å². The quantitative estimate of drug-likeness (QED) is 0.0288. The summed E-state index contributed by atoms with van der Waals surface area (Å²) in [5.74, 6) is -0.424. The molecule has 30 nitrogen and oxygen atoms in total. The van der Waals surface area contributed by atoms with Crippen LogP contribution in [0.4, 0.5) is 17.1 Å². The lowest BCUT2D eigenvalue weighted by Gasteiger charge is -2.23. The molecule has 582 valence electrons. The minimum atomic E-state index is -0.793. The Morgan fingerprint density at radius 2 is 1.04 bits per heavy atom. The van der Waals surface area contributed by atoms with E-state index in [9.17, 15) is 38.4 Å². The van der Waals surface area contributed by atoms with Gasteiger partial charge in [-0.1, -0.05) is 45.9 Å². The van der Waals surface area contributed by atoms with Crippen molar-refractivity contribution in [3.05, 3.63) is 101 Å². The molecule has 4 aromatic carbocycles. The first kappa shape index (κ1) is 80.9. The largest absolute Gasteiger partial charge is 0.493 e. The Labute approximate surface area is 627 Å². The molecule has 0 aromatic heterocycles. The summed E-state index contributed by atoms with van der Waals surface area (Å²) in [5, 5.41) is 8.45. The highest BCUT2D eigenvalue weighted by atomic mass is 16.7. The van der Waals surface area contributed by atoms with Gasteiger partial charge < -0.3 is 92.1 Å². The maximum atomic E-state index is 14.2. The number of ether oxygens (including phenoxy) is 14. The van der Waals surface area contributed by atoms with Crippen molar-refractivity contribution < 1.29 is 105 Å². The second kappa shape index (κ2) is 41.1. The number of likely N-dealkylation sites (tertiary alicyclic amines) is 1. The lowest BCUT2D eigenvalue weighted by Crippen LogP contribution is -2.45. The van der Waals surface area contributed by atoms with Crippen molar-refractivity contribution in [2.45, 2.75) is 90.8 Å². The number of amides is 7. The predicted molar refractivity (Wildman–Crippen MR) is 395 cm³/mol. The molecule has 30 heteroatoms. The van der Waals surface area contributed by atoms with Gasteiger partial charge in [0, 0.05) is 113 Å². The summed E-state index contributed by atoms with van der Waals surface area (Å²) < 4.78 is 79.0. The van der Waals surface area contributed by atoms with E-state index < -0.39 is 12.0 Å². The average molecular weight is 1500 g/mol. The van der Waals surface area contributed by atoms with Gasteiger partial charge in [0.2, 0.25) is 36.3 Å². The van der Waals surface area contributed by atoms with Crippen molar-refractivity contribution in [2.24, 2.45) is 27.7 Å². The molecule has 3 N–H and O–H groups in total. The summed E-state index contributed by atoms with van der Waals surface area (Å²) in [4.78, 5) is 118. The van der Waals surface area contributed by atoms with Crippen molar-refractivity contribution in [3.8, 4) is 34.5 Å². The summed E-state index contributed by atoms with van der Waals surface area (Å²) in [6.07, 6.45) is 8.96. The Balaban J connectivity index is 0.536. The van der Waals surface area contributed by atoms with Crippen LogP contribution < -0.4 is 44.4 Å². The number of hydrogen-bond acceptors (Lipinski definition) is 24. The molecule has 0 bridgehead atoms. The summed E-state index contributed by atoms with van der Waals surface area (Å²) in [6.45, 7) is 13.8. The fourth-order valence-electron chi connectivity index (χ4n) is 12.5. The zero-order valence-corrected chi connectivity index (χ0v) is 62.1. The van der Waals surface area contributed by atoms with Crippen molar-refractivity contribution in [3.63, 3.8) is 0 Å². The number of rotatable bonds is 47. The first-order chi connectivity index (χ1) is 52.5. The van der Waals surface area contributed by atoms with Gasteiger partial charge in [-0.2, -0.15) is 0 Å². The second-order valence-corrected chi connectivity index (χ2v) is 26.7. The Hall–Kier alpha value is -9.66. The maximum Gasteiger partial charge on any atom is 0.260 e. The van der Waals surface area contributed by atoms with Crippen molar-refractivity contribution in [1.82, 2.24) is 25.3 Å². The van der Waals surface area contributed by atoms with E-state index in [1.54, 1.807) is 72.5 Å². The third-order valence-electron chi connectivity index (χ3n) is 18.5. The van der Waals surface area contributed by atoms with E-state index in [0.717, 1.165) is 27.2 Å². The van der Waals surface area contributed by atoms with E-state index in [-0.39, 0.29) is 137 Å². The summed E-state index contributed by atoms with van der Waals surface area (Å²) >= 11 is 0. The molecule has 0 spiro atoms. The van der Waals surface area contributed by atoms with Gasteiger partial charge in [-0.15, -0.1) is 0 Å². The summed E-state index contributed by atoms with van der Waals surface area (Å²) in [6, 6.07) is 18.3. The fourth-order valence-corrected chi connectivity index (χ4v) is 12.5. The van der Waals surface area contributed by atoms with E-state index in [4.69, 9.17) is 76.3 Å². The van der Waals surface area contributed by atoms with Gasteiger partial charge in [-0.3, -0.25) is 53.2 Å². The number of methoxy groups -OCH3 is 2. The third kappa shape index (κ3) is 22.7. The molecule has 10 rings (SSSR count). The molecule has 7 amide bonds. The predicted octanol–water partition coefficient (Wildman–Crippen LogP) is 7.32. The highest BCUT2D eigenvalue weighted by Crippen LogP contribution is 2.43. The number of fused-ring (bicyclic) bond motifs is 5. The summed E-state index contributed by atoms with van der Waals surface area (Å²) in [5.41, 5.74) is 5.85. The smallest absolute Gasteiger partial charge is 0.260 e. The normalized spacial score (nSPS) is 17.4. The molecular formula is C78H98N8O22. The molecule has 108 heavy (non-hydrogen) atoms. The van der Waals surface area contributed by atoms with Crippen LogP contribution in [0.1, 0.15) is 104 Å². The molecule has 6 heterocycles. The van der Waals surface area contributed by atoms with Gasteiger partial charge in [0.1, 0.15) is 0 Å². The van der Waals surface area contributed by atoms with E-state index in [1.165, 1.54) is 14.2 Å². The van der Waals surface area contributed by atoms with Crippen LogP contribution in [0.15, 0.2) is 89.1 Å². The molecule has 6 aliphatic heterocycles. The van der Waals surface area contributed by atoms with Crippen LogP contribution in [0.2, 0.25) is 0 Å². The van der Waals surface area contributed by atoms with Gasteiger partial charge in [0.15, 0.2) is 40.3 Å². The number of Topliss-reactive ketones (excluding diaryl/α,β-unsaturated/α-hetero) is 1. The Morgan fingerprint density at radius 1 is 0.546 bits per heavy atom. The zero-order valence-electron chi connectivity index (χ0n) is 62.1. The number of hydrogen-bond donors (Lipinski definition) is 3. The van der Waals surface area contributed by atoms with Crippen molar-refractivity contribution >= 4 is 87.8 Å². The fraction of sp³-hybridized carbons (Fsp3) is 0.513. The molecule has 1 fully saturated rings. The second-order valence-electron chi connectivity index (χ2n) is 26.7. The van der Waals surface area contributed by atoms with Gasteiger partial charge >= 0.3 is 0 Å². The number of carbonyl (C=O) groups is 8. The van der Waals surface area contributed by atoms with Crippen LogP contribution in [0.3, 0.4) is 0 Å². The van der Waals surface area contributed by atoms with Crippen LogP contribution in [-0.4, -0.2) is 245 Å². The maximum absolute atomic E-state index is 14.2. The van der Waals surface area contributed by atoms with Crippen LogP contribution in [0, 0.1) is 17.8 Å². The van der Waals surface area contributed by atoms with E-state index in [0.29, 0.717) is 181 Å². The first-order valence-electron chi connectivity index (χ1n) is 36.7. The topological polar surface area (TPSA) is 336 Å². The van der Waals surface area contributed by atoms with E-state index in [1.807, 2.05) is 56.6 Å². The minimum Gasteiger partial charge on any atom is -0.493 e. The lowest BCUT2D eigenvalue weighted by atomic mass is 9.92. The van der Waals surface area contributed by atoms with Crippen LogP contribution in [0.25, 0.3) is 11.1 Å². The minimum absolute atomic E-state index is 0.0389. The number of nitrogens with one attached hydrogen (secondary N) is 3. The molecule has 6 aliphatic rings. The standard InChI is InChI=1S/C78H98N8O22/c1-50(2)74(83-72(89)15-20-97-22-24-99-26-28-101-30-32-103-34-35-104-33-31-102-29-27-100-25-23-98-21-16-79-71(88)14-17-84-73(90)37-52(4)76(84)92)64(87)36-51(3)75(91)82-57-11-8-53(9-12-57)55-38-58-45-80-62-43-69(66(95-5)41-60(62)77(93)85(58)47-55)105-18-7-19-106-70-44-63-61(42-67(70)96-6)78(94)86-48-56(39-59(86)46-81-63)54-10-13-65-68(40-54)108-49-107-65/h8-13,40-48,50-52,58-59,74H,7,14-39,49H2,1-6H3,(H,79,88)(H,82,91)(H,83,89)/t51-,52?,58+,59+,74+/m1/s1. The SMILES string of the molecule is COc1cc2c(cc1OCCCOc1cc3c(cc1OC)C(=O)N1C=C(c4ccc5c(c4)OCO5)C[C@H]1C=N3)N=C[C@@H]1CC(c3ccc(NC(=O)[C@H](C)CC(=O)[C@@H](NC(=O)CCOCCOCCOCCOCCOCCOCCOCCOCCNC(=O)CCN4C(=O)CC(C)C4=O)C(C)C)cc3)=CN1C2=O. The number of nitrogens with zero attached hydrogens (tertiary/aromatic N) is 5. The molecule has 0 radical (unpaired) electrons. The summed E-state index contributed by atoms with van der Waals surface area (Å²) in [7, 11) is 3.02. The average Bonchev–Trinajstić information content (AvgIpc) is 1.64. The Kier molecular flexibility index (Phi) is 30.7. The van der Waals surface area contributed by atoms with Crippen LogP contribution in [0.5, 0.6) is 34.5 Å². The molecule has 1 unspecified atom stereocenters. The molecule has 1 saturated heterocycles. The lowest BCUT2D eigenvalue weighted by molar-refractivity contribution is -0.139. The van der Waals surface area contributed by atoms with Gasteiger partial charge in [-0.05, 0) is 64.6 Å². The van der Waals surface area contributed by atoms with Crippen LogP contribution >= 0.6 is 0 Å². The van der Waals surface area contributed by atoms with Gasteiger partial charge in [0.05, 0.1) is 174 Å². The van der Waals surface area contributed by atoms with E-state index >= 15 is 0 Å². The highest BCUT2D eigenvalue weighted by Gasteiger charge is 2.38. The monoisotopic (exact) mass is 1500 g/mol. The molecule has 5 atom stereocenters. The Bertz CT molecular complexity index is 3920. The number of imide groups is 1. The highest BCUT2D eigenvalue weighted by molar-refractivity contribution is 6.07. The number of anilines is 1. The first-order valence-corrected chi connectivity index (χ1v) is 36.7. The number of carbonyl (C=O) groups excluding carboxylic acids is 8. The molecular weight excluding hydrogens is 1400 g/mol. The molecule has 0 saturated carbocycles. The van der Waals surface area contributed by atoms with Gasteiger partial charge in [0.25, 0.3) is 11.8 Å². The molecule has 4 aromatic rings. The molecule has 0 aliphatic carbocycles. The number of ketones is 1.